The molecule has 1 spiro atoms. The van der Waals surface area contributed by atoms with E-state index in [0.717, 1.165) is 111 Å². The van der Waals surface area contributed by atoms with E-state index in [9.17, 15) is 0 Å². The Bertz CT molecular complexity index is 7430. The lowest BCUT2D eigenvalue weighted by molar-refractivity contribution is 0.660. The normalized spacial score (nSPS) is 13.2. The van der Waals surface area contributed by atoms with E-state index in [1.54, 1.807) is 0 Å². The Labute approximate surface area is 671 Å². The van der Waals surface area contributed by atoms with E-state index < -0.39 is 5.41 Å². The molecule has 0 radical (unpaired) electrons. The van der Waals surface area contributed by atoms with Gasteiger partial charge < -0.3 is 18.6 Å². The summed E-state index contributed by atoms with van der Waals surface area (Å²) in [6.45, 7) is 4.84. The summed E-state index contributed by atoms with van der Waals surface area (Å²) in [5.74, 6) is 0. The second kappa shape index (κ2) is 25.3. The highest BCUT2D eigenvalue weighted by molar-refractivity contribution is 6.26. The van der Waals surface area contributed by atoms with Crippen LogP contribution >= 0.6 is 0 Å². The Hall–Kier alpha value is -14.8. The molecule has 0 amide bonds. The fourth-order valence-electron chi connectivity index (χ4n) is 20.2. The Kier molecular flexibility index (Phi) is 14.4. The number of rotatable bonds is 11. The van der Waals surface area contributed by atoms with Crippen molar-refractivity contribution in [1.82, 2.24) is 0 Å². The van der Waals surface area contributed by atoms with Crippen LogP contribution in [0.5, 0.6) is 0 Å². The first-order valence-electron chi connectivity index (χ1n) is 40.2. The van der Waals surface area contributed by atoms with Gasteiger partial charge in [0.2, 0.25) is 0 Å². The first-order valence-corrected chi connectivity index (χ1v) is 40.2. The summed E-state index contributed by atoms with van der Waals surface area (Å²) >= 11 is 0. The molecule has 21 aromatic rings. The fourth-order valence-corrected chi connectivity index (χ4v) is 20.2. The Morgan fingerprint density at radius 3 is 0.991 bits per heavy atom. The van der Waals surface area contributed by atoms with Crippen molar-refractivity contribution in [2.45, 2.75) is 24.7 Å². The second-order valence-corrected chi connectivity index (χ2v) is 32.1. The van der Waals surface area contributed by atoms with Crippen LogP contribution in [0.2, 0.25) is 0 Å². The van der Waals surface area contributed by atoms with Crippen LogP contribution in [0, 0.1) is 0 Å². The van der Waals surface area contributed by atoms with Crippen LogP contribution in [0.25, 0.3) is 165 Å². The highest BCUT2D eigenvalue weighted by Gasteiger charge is 2.52. The zero-order valence-electron chi connectivity index (χ0n) is 63.8. The topological polar surface area (TPSA) is 32.8 Å². The minimum absolute atomic E-state index is 0.328. The first kappa shape index (κ1) is 65.8. The molecule has 0 bridgehead atoms. The third-order valence-corrected chi connectivity index (χ3v) is 25.7. The van der Waals surface area contributed by atoms with Crippen molar-refractivity contribution < 1.29 is 8.83 Å². The van der Waals surface area contributed by atoms with Crippen molar-refractivity contribution in [2.24, 2.45) is 0 Å². The lowest BCUT2D eigenvalue weighted by Gasteiger charge is -2.32. The number of hydrogen-bond donors (Lipinski definition) is 0. The monoisotopic (exact) mass is 1480 g/mol. The van der Waals surface area contributed by atoms with Gasteiger partial charge in [-0.25, -0.2) is 0 Å². The number of para-hydroxylation sites is 4. The molecule has 0 N–H and O–H groups in total. The number of furan rings is 2. The summed E-state index contributed by atoms with van der Waals surface area (Å²) in [5, 5.41) is 11.9. The van der Waals surface area contributed by atoms with Gasteiger partial charge in [0.15, 0.2) is 0 Å². The Balaban J connectivity index is 0.574. The van der Waals surface area contributed by atoms with Gasteiger partial charge in [0.25, 0.3) is 0 Å². The maximum absolute atomic E-state index is 6.55. The number of nitrogens with zero attached hydrogens (tertiary/aromatic N) is 2. The van der Waals surface area contributed by atoms with Gasteiger partial charge in [-0.3, -0.25) is 0 Å². The van der Waals surface area contributed by atoms with Gasteiger partial charge in [-0.05, 0) is 247 Å². The first-order chi connectivity index (χ1) is 57.2. The molecule has 3 aliphatic carbocycles. The molecule has 2 aromatic heterocycles. The zero-order chi connectivity index (χ0) is 76.5. The van der Waals surface area contributed by atoms with E-state index in [1.165, 1.54) is 121 Å². The van der Waals surface area contributed by atoms with Gasteiger partial charge >= 0.3 is 0 Å². The SMILES string of the molecule is CC1(C)c2cc(-c3ccc4c5ccccc5c5cc(-c6ccc(N(c7ccc(-c8cccc9c8oc8ccccc89)cc7)c7ccc(-c8cccc9c8oc8ccccc89)cc7)cc6)ccc5c4c3)ccc2-c2ccc(N(c3ccc(-c4ccccc4)cc3)c3ccc4c(c3)C3(c5ccccc5-c5ccccc53)c3ccccc3-4)cc21. The van der Waals surface area contributed by atoms with Gasteiger partial charge in [-0.1, -0.05) is 311 Å². The van der Waals surface area contributed by atoms with Gasteiger partial charge in [-0.15, -0.1) is 0 Å². The van der Waals surface area contributed by atoms with Crippen LogP contribution in [0.4, 0.5) is 34.1 Å². The third kappa shape index (κ3) is 9.81. The van der Waals surface area contributed by atoms with Gasteiger partial charge in [-0.2, -0.15) is 0 Å². The molecule has 19 aromatic carbocycles. The molecular formula is C112H72N2O2. The fraction of sp³-hybridized carbons (Fsp3) is 0.0357. The van der Waals surface area contributed by atoms with Crippen molar-refractivity contribution in [2.75, 3.05) is 9.80 Å². The standard InChI is InChI=1S/C112H72N2O2/c1-111(2)104-66-76(48-61-92(104)93-62-57-81(67-105(93)111)114(80-49-38-70(39-50-80)69-20-4-3-5-21-69)82-58-63-94-91-26-10-15-35-103(91)112(106(94)68-82)101-33-13-8-24-89(101)90-25-9-14-34-102(90)112)75-47-59-87-85-22-6-7-23-86(85)99-64-74(46-60-88(99)100(87)65-75)71-40-51-77(52-41-71)113(78-53-42-72(43-54-78)83-29-18-31-97-95-27-11-16-36-107(95)115-109(83)97)79-55-44-73(45-56-79)84-30-19-32-98-96-28-12-17-37-108(96)116-110(84)98/h3-68H,1-2H3. The Morgan fingerprint density at radius 2 is 0.483 bits per heavy atom. The van der Waals surface area contributed by atoms with Crippen LogP contribution in [-0.2, 0) is 10.8 Å². The molecule has 0 fully saturated rings. The number of benzene rings is 19. The molecule has 116 heavy (non-hydrogen) atoms. The smallest absolute Gasteiger partial charge is 0.143 e. The quantitative estimate of drug-likeness (QED) is 0.121. The van der Waals surface area contributed by atoms with E-state index in [0.29, 0.717) is 0 Å². The molecule has 4 nitrogen and oxygen atoms in total. The van der Waals surface area contributed by atoms with Crippen LogP contribution in [-0.4, -0.2) is 0 Å². The summed E-state index contributed by atoms with van der Waals surface area (Å²) in [5.41, 5.74) is 36.3. The van der Waals surface area contributed by atoms with Gasteiger partial charge in [0.05, 0.1) is 5.41 Å². The van der Waals surface area contributed by atoms with Crippen molar-refractivity contribution in [3.05, 3.63) is 434 Å². The molecule has 0 aliphatic heterocycles. The van der Waals surface area contributed by atoms with E-state index in [-0.39, 0.29) is 5.41 Å². The molecule has 0 saturated carbocycles. The second-order valence-electron chi connectivity index (χ2n) is 32.1. The lowest BCUT2D eigenvalue weighted by atomic mass is 9.70. The maximum atomic E-state index is 6.55. The predicted molar refractivity (Wildman–Crippen MR) is 484 cm³/mol. The summed E-state index contributed by atoms with van der Waals surface area (Å²) in [6.07, 6.45) is 0. The highest BCUT2D eigenvalue weighted by atomic mass is 16.3. The number of anilines is 6. The van der Waals surface area contributed by atoms with E-state index in [2.05, 4.69) is 400 Å². The lowest BCUT2D eigenvalue weighted by Crippen LogP contribution is -2.26. The van der Waals surface area contributed by atoms with Gasteiger partial charge in [0.1, 0.15) is 22.3 Å². The van der Waals surface area contributed by atoms with Crippen molar-refractivity contribution in [3.8, 4) is 89.0 Å². The number of hydrogen-bond acceptors (Lipinski definition) is 4. The minimum atomic E-state index is -0.480. The van der Waals surface area contributed by atoms with Crippen LogP contribution in [0.1, 0.15) is 47.2 Å². The largest absolute Gasteiger partial charge is 0.455 e. The van der Waals surface area contributed by atoms with Crippen molar-refractivity contribution in [1.29, 1.82) is 0 Å². The summed E-state index contributed by atoms with van der Waals surface area (Å²) < 4.78 is 13.1. The molecule has 2 heterocycles. The molecule has 24 rings (SSSR count). The minimum Gasteiger partial charge on any atom is -0.455 e. The maximum Gasteiger partial charge on any atom is 0.143 e. The van der Waals surface area contributed by atoms with Crippen LogP contribution in [0.15, 0.2) is 409 Å². The molecule has 3 aliphatic rings. The molecule has 0 unspecified atom stereocenters. The molecule has 542 valence electrons. The summed E-state index contributed by atoms with van der Waals surface area (Å²) in [6, 6.07) is 148. The summed E-state index contributed by atoms with van der Waals surface area (Å²) in [4.78, 5) is 4.86. The Morgan fingerprint density at radius 1 is 0.181 bits per heavy atom. The average molecular weight is 1480 g/mol. The van der Waals surface area contributed by atoms with E-state index in [4.69, 9.17) is 8.83 Å². The van der Waals surface area contributed by atoms with Crippen molar-refractivity contribution >= 4 is 110 Å². The highest BCUT2D eigenvalue weighted by Crippen LogP contribution is 2.64. The van der Waals surface area contributed by atoms with Crippen LogP contribution in [0.3, 0.4) is 0 Å². The van der Waals surface area contributed by atoms with E-state index in [1.807, 2.05) is 24.3 Å². The van der Waals surface area contributed by atoms with Gasteiger partial charge in [0, 0.05) is 72.2 Å². The average Bonchev–Trinajstić information content (AvgIpc) is 1.50. The van der Waals surface area contributed by atoms with Crippen LogP contribution < -0.4 is 9.80 Å². The molecule has 4 heteroatoms. The summed E-state index contributed by atoms with van der Waals surface area (Å²) in [7, 11) is 0. The molecule has 0 saturated heterocycles. The zero-order valence-corrected chi connectivity index (χ0v) is 63.8. The molecular weight excluding hydrogens is 1410 g/mol. The molecule has 0 atom stereocenters. The van der Waals surface area contributed by atoms with Crippen molar-refractivity contribution in [3.63, 3.8) is 0 Å². The predicted octanol–water partition coefficient (Wildman–Crippen LogP) is 30.9. The van der Waals surface area contributed by atoms with E-state index >= 15 is 0 Å². The number of fused-ring (bicyclic) bond motifs is 25. The third-order valence-electron chi connectivity index (χ3n) is 25.7.